The van der Waals surface area contributed by atoms with Gasteiger partial charge in [0.05, 0.1) is 52.9 Å². The van der Waals surface area contributed by atoms with Gasteiger partial charge in [-0.05, 0) is 0 Å². The van der Waals surface area contributed by atoms with Crippen LogP contribution in [-0.2, 0) is 71.1 Å². The Kier molecular flexibility index (Phi) is 19.6. The molecule has 8 saturated heterocycles. The summed E-state index contributed by atoms with van der Waals surface area (Å²) in [4.78, 5) is 0. The van der Waals surface area contributed by atoms with Crippen LogP contribution in [-0.4, -0.2) is 342 Å². The number of ether oxygens (including phenoxy) is 15. The largest absolute Gasteiger partial charge is 0.394 e. The summed E-state index contributed by atoms with van der Waals surface area (Å²) in [5, 5.41) is 190. The van der Waals surface area contributed by atoms with Crippen LogP contribution in [0.2, 0.25) is 0 Å². The Bertz CT molecular complexity index is 1710. The van der Waals surface area contributed by atoms with Gasteiger partial charge < -0.3 is 163 Å². The van der Waals surface area contributed by atoms with E-state index in [4.69, 9.17) is 71.1 Å². The van der Waals surface area contributed by atoms with E-state index in [1.807, 2.05) is 0 Å². The van der Waals surface area contributed by atoms with Crippen molar-refractivity contribution in [3.05, 3.63) is 0 Å². The molecule has 0 amide bonds. The van der Waals surface area contributed by atoms with Crippen molar-refractivity contribution in [2.75, 3.05) is 52.9 Å². The average Bonchev–Trinajstić information content (AvgIpc) is 3.93. The Morgan fingerprint density at radius 2 is 0.616 bits per heavy atom. The maximum atomic E-state index is 12.0. The van der Waals surface area contributed by atoms with Crippen LogP contribution in [0.1, 0.15) is 0 Å². The van der Waals surface area contributed by atoms with E-state index in [1.165, 1.54) is 0 Å². The van der Waals surface area contributed by atoms with Crippen LogP contribution in [0, 0.1) is 0 Å². The molecular formula is C40H66O33. The molecule has 0 aromatic heterocycles. The van der Waals surface area contributed by atoms with Crippen molar-refractivity contribution >= 4 is 0 Å². The molecule has 8 rings (SSSR count). The summed E-state index contributed by atoms with van der Waals surface area (Å²) in [5.74, 6) is 0. The van der Waals surface area contributed by atoms with Crippen molar-refractivity contribution in [2.45, 2.75) is 197 Å². The number of hydrogen-bond acceptors (Lipinski definition) is 33. The van der Waals surface area contributed by atoms with E-state index in [1.54, 1.807) is 0 Å². The van der Waals surface area contributed by atoms with Crippen molar-refractivity contribution < 1.29 is 163 Å². The average molecular weight is 1070 g/mol. The Labute approximate surface area is 412 Å². The highest BCUT2D eigenvalue weighted by molar-refractivity contribution is 4.98. The molecule has 33 heteroatoms. The highest BCUT2D eigenvalue weighted by Gasteiger charge is 2.57. The zero-order valence-electron chi connectivity index (χ0n) is 38.3. The molecule has 8 heterocycles. The quantitative estimate of drug-likeness (QED) is 0.0643. The third kappa shape index (κ3) is 12.1. The number of hydrogen-bond donors (Lipinski definition) is 18. The Morgan fingerprint density at radius 3 is 1.11 bits per heavy atom. The molecule has 0 bridgehead atoms. The standard InChI is InChI=1S/C40H66O33/c41-1-10-18(46)26(54)37(64-10)71-30-15(69-34-24(52)17(45)9(44)4-60-34)7-62-36(29(30)57)70-16-8-63-40(68-14-6-61-35(25(53)22(14)50)67-13-5-59-33(58)23(51)21(13)49)32(73-39-28(56)20(48)12(3-43)66-39)31(16)72-38-27(55)19(47)11(2-42)65-38/h9-58H,1-8H2/t9-,10+,11+,12+,13-,14-,15-,16-,17+,18+,19+,20+,21+,22+,23-,24-,25-,26-,27-,28-,29-,30+,31+,32-,33-,34+,35+,36+,37+,38+,39+,40+/m1/s1. The molecule has 8 aliphatic rings. The molecule has 0 unspecified atom stereocenters. The molecule has 424 valence electrons. The number of aliphatic hydroxyl groups excluding tert-OH is 18. The Balaban J connectivity index is 1.06. The first-order chi connectivity index (χ1) is 34.8. The van der Waals surface area contributed by atoms with E-state index in [9.17, 15) is 91.9 Å². The van der Waals surface area contributed by atoms with Crippen molar-refractivity contribution in [2.24, 2.45) is 0 Å². The van der Waals surface area contributed by atoms with Gasteiger partial charge in [0.25, 0.3) is 0 Å². The fourth-order valence-electron chi connectivity index (χ4n) is 9.34. The number of aliphatic hydroxyl groups is 18. The van der Waals surface area contributed by atoms with E-state index in [0.29, 0.717) is 0 Å². The molecule has 32 atom stereocenters. The number of rotatable bonds is 17. The second-order valence-corrected chi connectivity index (χ2v) is 18.7. The van der Waals surface area contributed by atoms with Gasteiger partial charge in [-0.3, -0.25) is 0 Å². The molecule has 33 nitrogen and oxygen atoms in total. The molecule has 8 aliphatic heterocycles. The maximum Gasteiger partial charge on any atom is 0.187 e. The molecule has 0 aromatic rings. The predicted octanol–water partition coefficient (Wildman–Crippen LogP) is -13.3. The first kappa shape index (κ1) is 57.8. The summed E-state index contributed by atoms with van der Waals surface area (Å²) in [5.41, 5.74) is 0. The Hall–Kier alpha value is -1.32. The van der Waals surface area contributed by atoms with Gasteiger partial charge in [0.2, 0.25) is 0 Å². The van der Waals surface area contributed by atoms with Gasteiger partial charge in [0, 0.05) is 0 Å². The Morgan fingerprint density at radius 1 is 0.274 bits per heavy atom. The molecule has 0 aliphatic carbocycles. The van der Waals surface area contributed by atoms with Gasteiger partial charge >= 0.3 is 0 Å². The molecule has 0 radical (unpaired) electrons. The van der Waals surface area contributed by atoms with Crippen LogP contribution in [0.25, 0.3) is 0 Å². The SMILES string of the molecule is OC[C@@H]1O[C@@H](O[C@@H]2[C@@H](O)[C@H](O[C@@H]3CO[C@@H](O[C@@H]4CO[C@@H](O[C@@H]5CO[C@@H](O)[C@H](O)[C@H]5O)[C@H](O)[C@H]4O)[C@H](O[C@@H]4O[C@@H](CO)[C@H](O)[C@H]4O)[C@H]3O[C@@H]3O[C@@H](CO)[C@H](O)[C@H]3O)OC[C@H]2O[C@@H]2OC[C@@H](O)[C@H](O)[C@H]2O)[C@H](O)[C@H]1O. The van der Waals surface area contributed by atoms with Gasteiger partial charge in [-0.1, -0.05) is 0 Å². The topological polar surface area (TPSA) is 503 Å². The van der Waals surface area contributed by atoms with Crippen molar-refractivity contribution in [1.82, 2.24) is 0 Å². The van der Waals surface area contributed by atoms with Gasteiger partial charge in [0.15, 0.2) is 50.3 Å². The van der Waals surface area contributed by atoms with Crippen LogP contribution in [0.15, 0.2) is 0 Å². The van der Waals surface area contributed by atoms with E-state index in [2.05, 4.69) is 0 Å². The maximum absolute atomic E-state index is 12.0. The van der Waals surface area contributed by atoms with Crippen LogP contribution in [0.4, 0.5) is 0 Å². The lowest BCUT2D eigenvalue weighted by Gasteiger charge is -2.48. The minimum atomic E-state index is -2.07. The first-order valence-electron chi connectivity index (χ1n) is 23.4. The van der Waals surface area contributed by atoms with Crippen molar-refractivity contribution in [3.63, 3.8) is 0 Å². The van der Waals surface area contributed by atoms with Crippen LogP contribution >= 0.6 is 0 Å². The minimum absolute atomic E-state index is 0.466. The molecule has 8 fully saturated rings. The molecule has 0 aromatic carbocycles. The zero-order chi connectivity index (χ0) is 52.7. The lowest BCUT2D eigenvalue weighted by Crippen LogP contribution is -2.65. The van der Waals surface area contributed by atoms with Gasteiger partial charge in [0.1, 0.15) is 146 Å². The summed E-state index contributed by atoms with van der Waals surface area (Å²) in [6.07, 6.45) is -55.7. The highest BCUT2D eigenvalue weighted by atomic mass is 16.8. The molecule has 73 heavy (non-hydrogen) atoms. The van der Waals surface area contributed by atoms with Crippen LogP contribution < -0.4 is 0 Å². The minimum Gasteiger partial charge on any atom is -0.394 e. The van der Waals surface area contributed by atoms with E-state index >= 15 is 0 Å². The second-order valence-electron chi connectivity index (χ2n) is 18.7. The summed E-state index contributed by atoms with van der Waals surface area (Å²) < 4.78 is 86.5. The summed E-state index contributed by atoms with van der Waals surface area (Å²) in [6, 6.07) is 0. The predicted molar refractivity (Wildman–Crippen MR) is 216 cm³/mol. The zero-order valence-corrected chi connectivity index (χ0v) is 38.3. The van der Waals surface area contributed by atoms with Gasteiger partial charge in [-0.2, -0.15) is 0 Å². The normalized spacial score (nSPS) is 54.0. The van der Waals surface area contributed by atoms with Crippen LogP contribution in [0.5, 0.6) is 0 Å². The summed E-state index contributed by atoms with van der Waals surface area (Å²) in [6.45, 7) is -5.38. The third-order valence-corrected chi connectivity index (χ3v) is 13.7. The van der Waals surface area contributed by atoms with Gasteiger partial charge in [-0.25, -0.2) is 0 Å². The summed E-state index contributed by atoms with van der Waals surface area (Å²) in [7, 11) is 0. The molecule has 18 N–H and O–H groups in total. The van der Waals surface area contributed by atoms with E-state index in [0.717, 1.165) is 0 Å². The van der Waals surface area contributed by atoms with E-state index in [-0.39, 0.29) is 0 Å². The summed E-state index contributed by atoms with van der Waals surface area (Å²) >= 11 is 0. The highest BCUT2D eigenvalue weighted by Crippen LogP contribution is 2.38. The van der Waals surface area contributed by atoms with E-state index < -0.39 is 250 Å². The fourth-order valence-corrected chi connectivity index (χ4v) is 9.34. The monoisotopic (exact) mass is 1070 g/mol. The molecule has 0 spiro atoms. The fraction of sp³-hybridized carbons (Fsp3) is 1.00. The van der Waals surface area contributed by atoms with Gasteiger partial charge in [-0.15, -0.1) is 0 Å². The lowest BCUT2D eigenvalue weighted by atomic mass is 10.0. The first-order valence-corrected chi connectivity index (χ1v) is 23.4. The molecular weight excluding hydrogens is 1010 g/mol. The lowest BCUT2D eigenvalue weighted by molar-refractivity contribution is -0.389. The van der Waals surface area contributed by atoms with Crippen LogP contribution in [0.3, 0.4) is 0 Å². The van der Waals surface area contributed by atoms with Crippen molar-refractivity contribution in [1.29, 1.82) is 0 Å². The molecule has 0 saturated carbocycles. The van der Waals surface area contributed by atoms with Crippen molar-refractivity contribution in [3.8, 4) is 0 Å². The second kappa shape index (κ2) is 24.8. The third-order valence-electron chi connectivity index (χ3n) is 13.7. The smallest absolute Gasteiger partial charge is 0.187 e.